The standard InChI is InChI=1S/C16H19N3S/c1-11-6-12(2)8-13(7-11)15-9-18-16(17)19(15)10-14-4-3-5-20-14/h3-8,15H,9-10H2,1-2H3,(H2,17,18). The summed E-state index contributed by atoms with van der Waals surface area (Å²) >= 11 is 1.76. The zero-order valence-electron chi connectivity index (χ0n) is 11.8. The van der Waals surface area contributed by atoms with Crippen molar-refractivity contribution in [3.8, 4) is 0 Å². The van der Waals surface area contributed by atoms with Gasteiger partial charge in [-0.05, 0) is 30.9 Å². The van der Waals surface area contributed by atoms with E-state index in [1.807, 2.05) is 0 Å². The number of nitrogens with two attached hydrogens (primary N) is 1. The summed E-state index contributed by atoms with van der Waals surface area (Å²) in [7, 11) is 0. The van der Waals surface area contributed by atoms with Gasteiger partial charge in [0.25, 0.3) is 0 Å². The van der Waals surface area contributed by atoms with E-state index in [2.05, 4.69) is 59.5 Å². The van der Waals surface area contributed by atoms with Gasteiger partial charge in [0.05, 0.1) is 19.1 Å². The molecule has 2 aromatic rings. The molecule has 2 heterocycles. The van der Waals surface area contributed by atoms with Crippen LogP contribution in [-0.4, -0.2) is 17.4 Å². The van der Waals surface area contributed by atoms with Crippen molar-refractivity contribution in [2.24, 2.45) is 10.7 Å². The molecule has 0 spiro atoms. The van der Waals surface area contributed by atoms with E-state index in [-0.39, 0.29) is 6.04 Å². The number of hydrogen-bond acceptors (Lipinski definition) is 4. The molecule has 0 bridgehead atoms. The third-order valence-electron chi connectivity index (χ3n) is 3.63. The quantitative estimate of drug-likeness (QED) is 0.940. The van der Waals surface area contributed by atoms with Crippen LogP contribution in [0.15, 0.2) is 40.7 Å². The van der Waals surface area contributed by atoms with Crippen LogP contribution in [0, 0.1) is 13.8 Å². The summed E-state index contributed by atoms with van der Waals surface area (Å²) in [6.07, 6.45) is 0. The lowest BCUT2D eigenvalue weighted by molar-refractivity contribution is 0.343. The Morgan fingerprint density at radius 3 is 2.70 bits per heavy atom. The monoisotopic (exact) mass is 285 g/mol. The molecule has 1 aliphatic heterocycles. The average molecular weight is 285 g/mol. The molecule has 0 saturated carbocycles. The van der Waals surface area contributed by atoms with Gasteiger partial charge in [0.1, 0.15) is 0 Å². The molecule has 1 atom stereocenters. The highest BCUT2D eigenvalue weighted by Gasteiger charge is 2.27. The summed E-state index contributed by atoms with van der Waals surface area (Å²) in [6.45, 7) is 5.86. The van der Waals surface area contributed by atoms with Crippen molar-refractivity contribution in [2.75, 3.05) is 6.54 Å². The fraction of sp³-hybridized carbons (Fsp3) is 0.312. The van der Waals surface area contributed by atoms with Crippen molar-refractivity contribution >= 4 is 17.3 Å². The lowest BCUT2D eigenvalue weighted by Crippen LogP contribution is -2.35. The minimum atomic E-state index is 0.260. The van der Waals surface area contributed by atoms with E-state index < -0.39 is 0 Å². The van der Waals surface area contributed by atoms with Gasteiger partial charge in [0.2, 0.25) is 0 Å². The Morgan fingerprint density at radius 2 is 2.05 bits per heavy atom. The van der Waals surface area contributed by atoms with Crippen LogP contribution in [0.4, 0.5) is 0 Å². The highest BCUT2D eigenvalue weighted by molar-refractivity contribution is 7.09. The minimum Gasteiger partial charge on any atom is -0.370 e. The molecule has 2 N–H and O–H groups in total. The van der Waals surface area contributed by atoms with Crippen molar-refractivity contribution in [3.05, 3.63) is 57.3 Å². The first-order chi connectivity index (χ1) is 9.63. The fourth-order valence-electron chi connectivity index (χ4n) is 2.78. The zero-order valence-corrected chi connectivity index (χ0v) is 12.7. The van der Waals surface area contributed by atoms with E-state index in [4.69, 9.17) is 5.73 Å². The molecule has 0 saturated heterocycles. The van der Waals surface area contributed by atoms with Crippen LogP contribution in [0.3, 0.4) is 0 Å². The molecule has 1 aromatic heterocycles. The van der Waals surface area contributed by atoms with Crippen LogP contribution in [0.5, 0.6) is 0 Å². The van der Waals surface area contributed by atoms with Gasteiger partial charge in [-0.3, -0.25) is 4.99 Å². The number of hydrogen-bond donors (Lipinski definition) is 1. The van der Waals surface area contributed by atoms with Crippen molar-refractivity contribution in [3.63, 3.8) is 0 Å². The summed E-state index contributed by atoms with van der Waals surface area (Å²) in [5, 5.41) is 2.10. The lowest BCUT2D eigenvalue weighted by atomic mass is 10.0. The fourth-order valence-corrected chi connectivity index (χ4v) is 3.48. The van der Waals surface area contributed by atoms with Crippen molar-refractivity contribution in [2.45, 2.75) is 26.4 Å². The van der Waals surface area contributed by atoms with Gasteiger partial charge in [-0.1, -0.05) is 35.4 Å². The molecule has 0 aliphatic carbocycles. The summed E-state index contributed by atoms with van der Waals surface area (Å²) in [5.41, 5.74) is 9.97. The Morgan fingerprint density at radius 1 is 1.30 bits per heavy atom. The number of guanidine groups is 1. The third kappa shape index (κ3) is 2.56. The predicted molar refractivity (Wildman–Crippen MR) is 85.0 cm³/mol. The highest BCUT2D eigenvalue weighted by Crippen LogP contribution is 2.29. The van der Waals surface area contributed by atoms with Crippen LogP contribution in [0.1, 0.15) is 27.6 Å². The molecule has 0 fully saturated rings. The van der Waals surface area contributed by atoms with Gasteiger partial charge in [-0.15, -0.1) is 11.3 Å². The summed E-state index contributed by atoms with van der Waals surface area (Å²) in [6, 6.07) is 11.2. The van der Waals surface area contributed by atoms with Crippen LogP contribution in [0.2, 0.25) is 0 Å². The number of benzene rings is 1. The van der Waals surface area contributed by atoms with Gasteiger partial charge < -0.3 is 10.6 Å². The zero-order chi connectivity index (χ0) is 14.1. The SMILES string of the molecule is Cc1cc(C)cc(C2CN=C(N)N2Cc2cccs2)c1. The van der Waals surface area contributed by atoms with Crippen molar-refractivity contribution in [1.82, 2.24) is 4.90 Å². The Labute approximate surface area is 123 Å². The topological polar surface area (TPSA) is 41.6 Å². The van der Waals surface area contributed by atoms with Crippen LogP contribution >= 0.6 is 11.3 Å². The largest absolute Gasteiger partial charge is 0.370 e. The Hall–Kier alpha value is -1.81. The smallest absolute Gasteiger partial charge is 0.192 e. The molecule has 0 radical (unpaired) electrons. The molecular weight excluding hydrogens is 266 g/mol. The normalized spacial score (nSPS) is 18.4. The summed E-state index contributed by atoms with van der Waals surface area (Å²) in [4.78, 5) is 7.97. The number of nitrogens with zero attached hydrogens (tertiary/aromatic N) is 2. The molecule has 1 unspecified atom stereocenters. The highest BCUT2D eigenvalue weighted by atomic mass is 32.1. The Kier molecular flexibility index (Phi) is 3.49. The third-order valence-corrected chi connectivity index (χ3v) is 4.49. The molecule has 104 valence electrons. The molecule has 1 aliphatic rings. The Balaban J connectivity index is 1.88. The molecule has 20 heavy (non-hydrogen) atoms. The van der Waals surface area contributed by atoms with E-state index in [1.54, 1.807) is 11.3 Å². The first-order valence-corrected chi connectivity index (χ1v) is 7.68. The van der Waals surface area contributed by atoms with Gasteiger partial charge >= 0.3 is 0 Å². The van der Waals surface area contributed by atoms with E-state index in [9.17, 15) is 0 Å². The number of aryl methyl sites for hydroxylation is 2. The first kappa shape index (κ1) is 13.2. The summed E-state index contributed by atoms with van der Waals surface area (Å²) < 4.78 is 0. The van der Waals surface area contributed by atoms with Crippen molar-refractivity contribution in [1.29, 1.82) is 0 Å². The molecule has 4 heteroatoms. The Bertz CT molecular complexity index is 611. The maximum absolute atomic E-state index is 6.08. The van der Waals surface area contributed by atoms with Gasteiger partial charge in [-0.2, -0.15) is 0 Å². The minimum absolute atomic E-state index is 0.260. The molecule has 0 amide bonds. The van der Waals surface area contributed by atoms with Crippen molar-refractivity contribution < 1.29 is 0 Å². The number of rotatable bonds is 3. The van der Waals surface area contributed by atoms with E-state index in [1.165, 1.54) is 21.6 Å². The second kappa shape index (κ2) is 5.29. The average Bonchev–Trinajstić information content (AvgIpc) is 3.00. The molecular formula is C16H19N3S. The van der Waals surface area contributed by atoms with Crippen LogP contribution < -0.4 is 5.73 Å². The summed E-state index contributed by atoms with van der Waals surface area (Å²) in [5.74, 6) is 0.655. The molecule has 3 nitrogen and oxygen atoms in total. The van der Waals surface area contributed by atoms with Gasteiger partial charge in [-0.25, -0.2) is 0 Å². The van der Waals surface area contributed by atoms with Crippen LogP contribution in [-0.2, 0) is 6.54 Å². The number of aliphatic imine (C=N–C) groups is 1. The number of thiophene rings is 1. The second-order valence-electron chi connectivity index (χ2n) is 5.34. The van der Waals surface area contributed by atoms with Crippen LogP contribution in [0.25, 0.3) is 0 Å². The predicted octanol–water partition coefficient (Wildman–Crippen LogP) is 3.24. The lowest BCUT2D eigenvalue weighted by Gasteiger charge is -2.26. The van der Waals surface area contributed by atoms with E-state index in [0.29, 0.717) is 5.96 Å². The molecule has 3 rings (SSSR count). The second-order valence-corrected chi connectivity index (χ2v) is 6.38. The maximum atomic E-state index is 6.08. The first-order valence-electron chi connectivity index (χ1n) is 6.80. The molecule has 1 aromatic carbocycles. The van der Waals surface area contributed by atoms with E-state index >= 15 is 0 Å². The maximum Gasteiger partial charge on any atom is 0.192 e. The van der Waals surface area contributed by atoms with E-state index in [0.717, 1.165) is 13.1 Å². The van der Waals surface area contributed by atoms with Gasteiger partial charge in [0, 0.05) is 4.88 Å². The van der Waals surface area contributed by atoms with Gasteiger partial charge in [0.15, 0.2) is 5.96 Å².